The molecule has 2 rings (SSSR count). The van der Waals surface area contributed by atoms with Gasteiger partial charge in [-0.2, -0.15) is 0 Å². The molecule has 2 aliphatic rings. The summed E-state index contributed by atoms with van der Waals surface area (Å²) in [6.07, 6.45) is 4.91. The lowest BCUT2D eigenvalue weighted by Crippen LogP contribution is -2.38. The van der Waals surface area contributed by atoms with Crippen LogP contribution in [0.3, 0.4) is 0 Å². The van der Waals surface area contributed by atoms with Crippen LogP contribution in [0.4, 0.5) is 0 Å². The molecule has 1 saturated carbocycles. The van der Waals surface area contributed by atoms with Gasteiger partial charge in [0.2, 0.25) is 0 Å². The van der Waals surface area contributed by atoms with Crippen LogP contribution in [-0.4, -0.2) is 12.1 Å². The van der Waals surface area contributed by atoms with Gasteiger partial charge in [0, 0.05) is 5.92 Å². The van der Waals surface area contributed by atoms with Gasteiger partial charge in [-0.05, 0) is 30.6 Å². The lowest BCUT2D eigenvalue weighted by atomic mass is 9.62. The van der Waals surface area contributed by atoms with Crippen molar-refractivity contribution in [1.29, 1.82) is 0 Å². The fourth-order valence-electron chi connectivity index (χ4n) is 3.47. The zero-order chi connectivity index (χ0) is 11.9. The van der Waals surface area contributed by atoms with Gasteiger partial charge in [-0.3, -0.25) is 4.79 Å². The first-order valence-electron chi connectivity index (χ1n) is 6.68. The molecular formula is C14H24O2. The van der Waals surface area contributed by atoms with Crippen LogP contribution < -0.4 is 0 Å². The first-order chi connectivity index (χ1) is 7.48. The molecule has 1 aliphatic carbocycles. The maximum atomic E-state index is 11.6. The van der Waals surface area contributed by atoms with Gasteiger partial charge in [-0.1, -0.05) is 34.1 Å². The van der Waals surface area contributed by atoms with E-state index in [9.17, 15) is 4.79 Å². The van der Waals surface area contributed by atoms with E-state index in [0.717, 1.165) is 12.3 Å². The van der Waals surface area contributed by atoms with Crippen molar-refractivity contribution in [2.75, 3.05) is 0 Å². The molecule has 5 atom stereocenters. The minimum Gasteiger partial charge on any atom is -0.462 e. The van der Waals surface area contributed by atoms with E-state index < -0.39 is 0 Å². The summed E-state index contributed by atoms with van der Waals surface area (Å²) in [6.45, 7) is 8.99. The number of esters is 1. The Balaban J connectivity index is 2.09. The Bertz CT molecular complexity index is 286. The molecule has 2 heteroatoms. The highest BCUT2D eigenvalue weighted by Gasteiger charge is 2.49. The van der Waals surface area contributed by atoms with Gasteiger partial charge < -0.3 is 4.74 Å². The van der Waals surface area contributed by atoms with Gasteiger partial charge in [0.05, 0.1) is 5.92 Å². The van der Waals surface area contributed by atoms with E-state index in [-0.39, 0.29) is 18.0 Å². The van der Waals surface area contributed by atoms with Gasteiger partial charge in [0.25, 0.3) is 0 Å². The van der Waals surface area contributed by atoms with Crippen LogP contribution in [0.1, 0.15) is 53.4 Å². The van der Waals surface area contributed by atoms with Gasteiger partial charge in [-0.25, -0.2) is 0 Å². The number of fused-ring (bicyclic) bond motifs is 1. The topological polar surface area (TPSA) is 26.3 Å². The summed E-state index contributed by atoms with van der Waals surface area (Å²) >= 11 is 0. The van der Waals surface area contributed by atoms with Crippen molar-refractivity contribution in [2.45, 2.75) is 59.5 Å². The van der Waals surface area contributed by atoms with Crippen molar-refractivity contribution in [3.8, 4) is 0 Å². The molecule has 0 aromatic rings. The number of rotatable bonds is 2. The number of carbonyl (C=O) groups is 1. The van der Waals surface area contributed by atoms with Crippen LogP contribution in [0.15, 0.2) is 0 Å². The SMILES string of the molecule is CCC(C)C1(C)CC[C@@H]2C(C1)OC(=O)C2C. The van der Waals surface area contributed by atoms with E-state index >= 15 is 0 Å². The third-order valence-corrected chi connectivity index (χ3v) is 5.28. The summed E-state index contributed by atoms with van der Waals surface area (Å²) < 4.78 is 5.53. The summed E-state index contributed by atoms with van der Waals surface area (Å²) in [5.74, 6) is 1.38. The zero-order valence-electron chi connectivity index (χ0n) is 11.0. The molecule has 0 aromatic heterocycles. The lowest BCUT2D eigenvalue weighted by Gasteiger charge is -2.43. The van der Waals surface area contributed by atoms with Crippen LogP contribution in [0, 0.1) is 23.2 Å². The molecule has 1 saturated heterocycles. The minimum atomic E-state index is 0.0309. The van der Waals surface area contributed by atoms with E-state index in [0.29, 0.717) is 11.3 Å². The average molecular weight is 224 g/mol. The molecule has 0 spiro atoms. The fourth-order valence-corrected chi connectivity index (χ4v) is 3.47. The number of hydrogen-bond acceptors (Lipinski definition) is 2. The maximum absolute atomic E-state index is 11.6. The van der Waals surface area contributed by atoms with E-state index in [1.165, 1.54) is 19.3 Å². The number of hydrogen-bond donors (Lipinski definition) is 0. The fraction of sp³-hybridized carbons (Fsp3) is 0.929. The van der Waals surface area contributed by atoms with Crippen molar-refractivity contribution < 1.29 is 9.53 Å². The first-order valence-corrected chi connectivity index (χ1v) is 6.68. The zero-order valence-corrected chi connectivity index (χ0v) is 11.0. The van der Waals surface area contributed by atoms with Crippen molar-refractivity contribution in [3.05, 3.63) is 0 Å². The average Bonchev–Trinajstić information content (AvgIpc) is 2.53. The molecule has 0 aromatic carbocycles. The highest BCUT2D eigenvalue weighted by atomic mass is 16.6. The molecule has 2 fully saturated rings. The third-order valence-electron chi connectivity index (χ3n) is 5.28. The van der Waals surface area contributed by atoms with E-state index in [1.807, 2.05) is 6.92 Å². The van der Waals surface area contributed by atoms with Gasteiger partial charge in [0.1, 0.15) is 6.10 Å². The van der Waals surface area contributed by atoms with Crippen molar-refractivity contribution >= 4 is 5.97 Å². The van der Waals surface area contributed by atoms with E-state index in [4.69, 9.17) is 4.74 Å². The maximum Gasteiger partial charge on any atom is 0.309 e. The molecule has 1 aliphatic heterocycles. The largest absolute Gasteiger partial charge is 0.462 e. The summed E-state index contributed by atoms with van der Waals surface area (Å²) in [7, 11) is 0. The van der Waals surface area contributed by atoms with E-state index in [2.05, 4.69) is 20.8 Å². The summed E-state index contributed by atoms with van der Waals surface area (Å²) in [5, 5.41) is 0. The molecular weight excluding hydrogens is 200 g/mol. The Morgan fingerprint density at radius 2 is 2.25 bits per heavy atom. The van der Waals surface area contributed by atoms with Crippen molar-refractivity contribution in [1.82, 2.24) is 0 Å². The molecule has 1 heterocycles. The predicted octanol–water partition coefficient (Wildman–Crippen LogP) is 3.40. The molecule has 92 valence electrons. The smallest absolute Gasteiger partial charge is 0.309 e. The minimum absolute atomic E-state index is 0.0309. The van der Waals surface area contributed by atoms with Crippen LogP contribution in [-0.2, 0) is 9.53 Å². The number of ether oxygens (including phenoxy) is 1. The molecule has 4 unspecified atom stereocenters. The molecule has 0 N–H and O–H groups in total. The van der Waals surface area contributed by atoms with Crippen molar-refractivity contribution in [3.63, 3.8) is 0 Å². The molecule has 16 heavy (non-hydrogen) atoms. The monoisotopic (exact) mass is 224 g/mol. The van der Waals surface area contributed by atoms with Gasteiger partial charge in [-0.15, -0.1) is 0 Å². The highest BCUT2D eigenvalue weighted by molar-refractivity contribution is 5.74. The lowest BCUT2D eigenvalue weighted by molar-refractivity contribution is -0.145. The second kappa shape index (κ2) is 4.05. The molecule has 0 radical (unpaired) electrons. The predicted molar refractivity (Wildman–Crippen MR) is 63.9 cm³/mol. The second-order valence-corrected chi connectivity index (χ2v) is 6.13. The van der Waals surface area contributed by atoms with Crippen molar-refractivity contribution in [2.24, 2.45) is 23.2 Å². The summed E-state index contributed by atoms with van der Waals surface area (Å²) in [6, 6.07) is 0. The summed E-state index contributed by atoms with van der Waals surface area (Å²) in [5.41, 5.74) is 0.375. The Hall–Kier alpha value is -0.530. The molecule has 2 nitrogen and oxygen atoms in total. The number of carbonyl (C=O) groups excluding carboxylic acids is 1. The Kier molecular flexibility index (Phi) is 3.02. The van der Waals surface area contributed by atoms with Crippen LogP contribution >= 0.6 is 0 Å². The Labute approximate surface area is 98.7 Å². The molecule has 0 bridgehead atoms. The quantitative estimate of drug-likeness (QED) is 0.672. The standard InChI is InChI=1S/C14H24O2/c1-5-9(2)14(4)7-6-11-10(3)13(15)16-12(11)8-14/h9-12H,5-8H2,1-4H3/t9?,10?,11-,12?,14?/m0/s1. The van der Waals surface area contributed by atoms with Crippen LogP contribution in [0.25, 0.3) is 0 Å². The molecule has 0 amide bonds. The van der Waals surface area contributed by atoms with E-state index in [1.54, 1.807) is 0 Å². The normalized spacial score (nSPS) is 45.0. The van der Waals surface area contributed by atoms with Crippen LogP contribution in [0.2, 0.25) is 0 Å². The van der Waals surface area contributed by atoms with Crippen LogP contribution in [0.5, 0.6) is 0 Å². The summed E-state index contributed by atoms with van der Waals surface area (Å²) in [4.78, 5) is 11.6. The van der Waals surface area contributed by atoms with Gasteiger partial charge in [0.15, 0.2) is 0 Å². The highest BCUT2D eigenvalue weighted by Crippen LogP contribution is 2.50. The second-order valence-electron chi connectivity index (χ2n) is 6.13. The Morgan fingerprint density at radius 1 is 1.56 bits per heavy atom. The first kappa shape index (κ1) is 11.9. The Morgan fingerprint density at radius 3 is 2.88 bits per heavy atom. The van der Waals surface area contributed by atoms with Gasteiger partial charge >= 0.3 is 5.97 Å². The third kappa shape index (κ3) is 1.76.